The van der Waals surface area contributed by atoms with Crippen LogP contribution in [0.25, 0.3) is 16.5 Å². The van der Waals surface area contributed by atoms with E-state index < -0.39 is 11.9 Å². The van der Waals surface area contributed by atoms with Gasteiger partial charge < -0.3 is 19.8 Å². The number of nitrogen functional groups attached to an aromatic ring is 1. The van der Waals surface area contributed by atoms with Crippen molar-refractivity contribution >= 4 is 34.1 Å². The fourth-order valence-corrected chi connectivity index (χ4v) is 2.91. The Bertz CT molecular complexity index is 862. The molecule has 1 aromatic carbocycles. The van der Waals surface area contributed by atoms with Gasteiger partial charge in [0.15, 0.2) is 0 Å². The van der Waals surface area contributed by atoms with Gasteiger partial charge in [-0.1, -0.05) is 0 Å². The Morgan fingerprint density at radius 3 is 2.40 bits per heavy atom. The van der Waals surface area contributed by atoms with E-state index in [1.54, 1.807) is 19.9 Å². The summed E-state index contributed by atoms with van der Waals surface area (Å²) in [5.74, 6) is -1.21. The Hall–Kier alpha value is -2.76. The molecule has 0 radical (unpaired) electrons. The Kier molecular flexibility index (Phi) is 5.51. The van der Waals surface area contributed by atoms with Crippen molar-refractivity contribution < 1.29 is 19.1 Å². The van der Waals surface area contributed by atoms with Gasteiger partial charge in [0.05, 0.1) is 18.8 Å². The molecule has 134 valence electrons. The van der Waals surface area contributed by atoms with Crippen LogP contribution in [0.3, 0.4) is 0 Å². The van der Waals surface area contributed by atoms with Gasteiger partial charge in [-0.3, -0.25) is 0 Å². The minimum absolute atomic E-state index is 0.108. The molecule has 0 saturated heterocycles. The third-order valence-electron chi connectivity index (χ3n) is 4.31. The number of rotatable bonds is 5. The number of hydrogen-bond acceptors (Lipinski definition) is 5. The third-order valence-corrected chi connectivity index (χ3v) is 4.31. The van der Waals surface area contributed by atoms with Crippen molar-refractivity contribution in [2.45, 2.75) is 27.7 Å². The molecule has 0 bridgehead atoms. The van der Waals surface area contributed by atoms with E-state index in [0.29, 0.717) is 11.3 Å². The van der Waals surface area contributed by atoms with Crippen LogP contribution in [0.2, 0.25) is 0 Å². The summed E-state index contributed by atoms with van der Waals surface area (Å²) >= 11 is 0. The number of esters is 2. The van der Waals surface area contributed by atoms with Gasteiger partial charge in [-0.25, -0.2) is 9.59 Å². The van der Waals surface area contributed by atoms with Crippen LogP contribution in [0, 0.1) is 13.8 Å². The minimum atomic E-state index is -0.604. The van der Waals surface area contributed by atoms with Crippen molar-refractivity contribution in [2.75, 3.05) is 18.9 Å². The average Bonchev–Trinajstić information content (AvgIpc) is 2.78. The monoisotopic (exact) mass is 344 g/mol. The largest absolute Gasteiger partial charge is 0.463 e. The van der Waals surface area contributed by atoms with Crippen LogP contribution < -0.4 is 5.73 Å². The number of aromatic nitrogens is 1. The molecule has 0 unspecified atom stereocenters. The number of carbonyl (C=O) groups excluding carboxylic acids is 2. The number of ether oxygens (including phenoxy) is 2. The van der Waals surface area contributed by atoms with E-state index in [-0.39, 0.29) is 18.8 Å². The smallest absolute Gasteiger partial charge is 0.339 e. The molecular weight excluding hydrogens is 320 g/mol. The predicted molar refractivity (Wildman–Crippen MR) is 98.0 cm³/mol. The molecule has 2 rings (SSSR count). The zero-order valence-electron chi connectivity index (χ0n) is 15.3. The van der Waals surface area contributed by atoms with Crippen LogP contribution in [-0.2, 0) is 26.1 Å². The van der Waals surface area contributed by atoms with Crippen molar-refractivity contribution in [3.63, 3.8) is 0 Å². The highest BCUT2D eigenvalue weighted by Gasteiger charge is 2.23. The number of nitrogens with zero attached hydrogens (tertiary/aromatic N) is 1. The molecule has 1 aromatic heterocycles. The Labute approximate surface area is 147 Å². The Morgan fingerprint density at radius 1 is 1.16 bits per heavy atom. The second kappa shape index (κ2) is 7.42. The van der Waals surface area contributed by atoms with Crippen molar-refractivity contribution in [1.29, 1.82) is 0 Å². The first-order valence-corrected chi connectivity index (χ1v) is 8.23. The van der Waals surface area contributed by atoms with E-state index in [1.807, 2.05) is 31.5 Å². The van der Waals surface area contributed by atoms with Gasteiger partial charge in [-0.2, -0.15) is 0 Å². The molecule has 0 aliphatic rings. The fourth-order valence-electron chi connectivity index (χ4n) is 2.91. The van der Waals surface area contributed by atoms with Crippen LogP contribution in [0.4, 0.5) is 5.69 Å². The van der Waals surface area contributed by atoms with Gasteiger partial charge in [-0.05, 0) is 45.4 Å². The standard InChI is InChI=1S/C19H24N2O4/c1-6-24-16(22)10-13(19(23)25-7-2)18-14(20)8-9-15-17(18)11(3)12(4)21(15)5/h8-10H,6-7,20H2,1-5H3/b13-10+. The molecule has 25 heavy (non-hydrogen) atoms. The van der Waals surface area contributed by atoms with Gasteiger partial charge in [0.25, 0.3) is 0 Å². The quantitative estimate of drug-likeness (QED) is 0.512. The number of carbonyl (C=O) groups is 2. The second-order valence-corrected chi connectivity index (χ2v) is 5.72. The number of fused-ring (bicyclic) bond motifs is 1. The predicted octanol–water partition coefficient (Wildman–Crippen LogP) is 2.89. The lowest BCUT2D eigenvalue weighted by molar-refractivity contribution is -0.139. The van der Waals surface area contributed by atoms with Gasteiger partial charge in [0.2, 0.25) is 0 Å². The molecule has 0 aliphatic carbocycles. The third kappa shape index (κ3) is 3.38. The second-order valence-electron chi connectivity index (χ2n) is 5.72. The van der Waals surface area contributed by atoms with Crippen molar-refractivity contribution in [2.24, 2.45) is 7.05 Å². The summed E-state index contributed by atoms with van der Waals surface area (Å²) < 4.78 is 12.1. The summed E-state index contributed by atoms with van der Waals surface area (Å²) in [5.41, 5.74) is 10.2. The van der Waals surface area contributed by atoms with Crippen LogP contribution in [-0.4, -0.2) is 29.7 Å². The highest BCUT2D eigenvalue weighted by atomic mass is 16.5. The summed E-state index contributed by atoms with van der Waals surface area (Å²) in [6.45, 7) is 7.79. The Balaban J connectivity index is 2.81. The maximum atomic E-state index is 12.5. The number of hydrogen-bond donors (Lipinski definition) is 1. The van der Waals surface area contributed by atoms with Crippen molar-refractivity contribution in [1.82, 2.24) is 4.57 Å². The van der Waals surface area contributed by atoms with Crippen molar-refractivity contribution in [3.8, 4) is 0 Å². The van der Waals surface area contributed by atoms with Crippen LogP contribution in [0.1, 0.15) is 30.7 Å². The molecule has 2 N–H and O–H groups in total. The van der Waals surface area contributed by atoms with E-state index in [4.69, 9.17) is 15.2 Å². The lowest BCUT2D eigenvalue weighted by Crippen LogP contribution is -2.12. The molecule has 0 aliphatic heterocycles. The van der Waals surface area contributed by atoms with E-state index in [9.17, 15) is 9.59 Å². The first kappa shape index (κ1) is 18.6. The summed E-state index contributed by atoms with van der Waals surface area (Å²) in [4.78, 5) is 24.5. The molecule has 0 fully saturated rings. The van der Waals surface area contributed by atoms with Gasteiger partial charge in [0, 0.05) is 41.0 Å². The molecule has 0 spiro atoms. The molecule has 1 heterocycles. The first-order chi connectivity index (χ1) is 11.8. The van der Waals surface area contributed by atoms with Gasteiger partial charge >= 0.3 is 11.9 Å². The molecule has 6 nitrogen and oxygen atoms in total. The van der Waals surface area contributed by atoms with Crippen LogP contribution in [0.5, 0.6) is 0 Å². The minimum Gasteiger partial charge on any atom is -0.463 e. The molecule has 0 amide bonds. The zero-order valence-corrected chi connectivity index (χ0v) is 15.3. The highest BCUT2D eigenvalue weighted by Crippen LogP contribution is 2.36. The van der Waals surface area contributed by atoms with E-state index in [0.717, 1.165) is 28.2 Å². The molecule has 2 aromatic rings. The zero-order chi connectivity index (χ0) is 18.7. The molecular formula is C19H24N2O4. The number of nitrogens with two attached hydrogens (primary N) is 1. The topological polar surface area (TPSA) is 83.6 Å². The number of anilines is 1. The summed E-state index contributed by atoms with van der Waals surface area (Å²) in [6, 6.07) is 3.63. The Morgan fingerprint density at radius 2 is 1.80 bits per heavy atom. The molecule has 0 atom stereocenters. The molecule has 0 saturated carbocycles. The van der Waals surface area contributed by atoms with E-state index >= 15 is 0 Å². The van der Waals surface area contributed by atoms with E-state index in [2.05, 4.69) is 0 Å². The number of aryl methyl sites for hydroxylation is 2. The first-order valence-electron chi connectivity index (χ1n) is 8.23. The summed E-state index contributed by atoms with van der Waals surface area (Å²) in [7, 11) is 1.95. The maximum Gasteiger partial charge on any atom is 0.339 e. The lowest BCUT2D eigenvalue weighted by Gasteiger charge is -2.12. The number of benzene rings is 1. The van der Waals surface area contributed by atoms with Crippen LogP contribution >= 0.6 is 0 Å². The normalized spacial score (nSPS) is 11.6. The SMILES string of the molecule is CCOC(=O)/C=C(/C(=O)OCC)c1c(N)ccc2c1c(C)c(C)n2C. The lowest BCUT2D eigenvalue weighted by atomic mass is 9.96. The maximum absolute atomic E-state index is 12.5. The van der Waals surface area contributed by atoms with Gasteiger partial charge in [-0.15, -0.1) is 0 Å². The highest BCUT2D eigenvalue weighted by molar-refractivity contribution is 6.25. The summed E-state index contributed by atoms with van der Waals surface area (Å²) in [5, 5.41) is 0.837. The molecule has 6 heteroatoms. The fraction of sp³-hybridized carbons (Fsp3) is 0.368. The van der Waals surface area contributed by atoms with Crippen molar-refractivity contribution in [3.05, 3.63) is 35.0 Å². The summed E-state index contributed by atoms with van der Waals surface area (Å²) in [6.07, 6.45) is 1.16. The van der Waals surface area contributed by atoms with E-state index in [1.165, 1.54) is 0 Å². The van der Waals surface area contributed by atoms with Gasteiger partial charge in [0.1, 0.15) is 0 Å². The average molecular weight is 344 g/mol. The van der Waals surface area contributed by atoms with Crippen LogP contribution in [0.15, 0.2) is 18.2 Å².